The SMILES string of the molecule is CC[C@H](CC(F)F)NC(=O)[C@@H]1CCOC1.[HH]. The van der Waals surface area contributed by atoms with E-state index in [0.29, 0.717) is 26.1 Å². The van der Waals surface area contributed by atoms with Crippen LogP contribution < -0.4 is 5.32 Å². The normalized spacial score (nSPS) is 23.1. The summed E-state index contributed by atoms with van der Waals surface area (Å²) in [7, 11) is 0. The van der Waals surface area contributed by atoms with Gasteiger partial charge in [0.25, 0.3) is 0 Å². The van der Waals surface area contributed by atoms with Crippen molar-refractivity contribution in [2.24, 2.45) is 5.92 Å². The van der Waals surface area contributed by atoms with Crippen molar-refractivity contribution >= 4 is 5.91 Å². The van der Waals surface area contributed by atoms with E-state index < -0.39 is 12.5 Å². The predicted molar refractivity (Wildman–Crippen MR) is 53.9 cm³/mol. The maximum atomic E-state index is 12.1. The van der Waals surface area contributed by atoms with Gasteiger partial charge in [-0.25, -0.2) is 8.78 Å². The molecule has 1 aliphatic rings. The number of nitrogens with one attached hydrogen (secondary N) is 1. The molecule has 90 valence electrons. The number of hydrogen-bond donors (Lipinski definition) is 1. The molecule has 1 N–H and O–H groups in total. The minimum atomic E-state index is -2.37. The fraction of sp³-hybridized carbons (Fsp3) is 0.900. The molecule has 1 amide bonds. The molecule has 1 heterocycles. The number of carbonyl (C=O) groups is 1. The third-order valence-electron chi connectivity index (χ3n) is 2.60. The van der Waals surface area contributed by atoms with E-state index in [1.807, 2.05) is 0 Å². The fourth-order valence-electron chi connectivity index (χ4n) is 1.60. The van der Waals surface area contributed by atoms with Crippen LogP contribution in [0.25, 0.3) is 0 Å². The van der Waals surface area contributed by atoms with Gasteiger partial charge in [-0.2, -0.15) is 0 Å². The maximum Gasteiger partial charge on any atom is 0.240 e. The second-order valence-electron chi connectivity index (χ2n) is 3.80. The Morgan fingerprint density at radius 3 is 2.87 bits per heavy atom. The number of hydrogen-bond acceptors (Lipinski definition) is 2. The largest absolute Gasteiger partial charge is 0.381 e. The summed E-state index contributed by atoms with van der Waals surface area (Å²) in [6.45, 7) is 2.79. The predicted octanol–water partition coefficient (Wildman–Crippen LogP) is 1.82. The molecule has 0 aromatic rings. The molecule has 5 heteroatoms. The van der Waals surface area contributed by atoms with Gasteiger partial charge in [0.15, 0.2) is 0 Å². The third-order valence-corrected chi connectivity index (χ3v) is 2.60. The highest BCUT2D eigenvalue weighted by Gasteiger charge is 2.25. The quantitative estimate of drug-likeness (QED) is 0.772. The average molecular weight is 223 g/mol. The Hall–Kier alpha value is -0.710. The van der Waals surface area contributed by atoms with Gasteiger partial charge < -0.3 is 10.1 Å². The van der Waals surface area contributed by atoms with Gasteiger partial charge in [0.05, 0.1) is 12.5 Å². The molecule has 0 aliphatic carbocycles. The molecule has 0 spiro atoms. The zero-order valence-electron chi connectivity index (χ0n) is 8.84. The van der Waals surface area contributed by atoms with Crippen LogP contribution in [0, 0.1) is 5.92 Å². The van der Waals surface area contributed by atoms with Crippen molar-refractivity contribution < 1.29 is 19.7 Å². The summed E-state index contributed by atoms with van der Waals surface area (Å²) < 4.78 is 29.3. The summed E-state index contributed by atoms with van der Waals surface area (Å²) in [5, 5.41) is 2.64. The van der Waals surface area contributed by atoms with E-state index >= 15 is 0 Å². The first-order valence-corrected chi connectivity index (χ1v) is 5.29. The molecule has 3 nitrogen and oxygen atoms in total. The molecule has 0 aromatic heterocycles. The van der Waals surface area contributed by atoms with E-state index in [0.717, 1.165) is 0 Å². The molecule has 0 radical (unpaired) electrons. The number of rotatable bonds is 5. The Morgan fingerprint density at radius 2 is 2.40 bits per heavy atom. The summed E-state index contributed by atoms with van der Waals surface area (Å²) in [5.41, 5.74) is 0. The van der Waals surface area contributed by atoms with Gasteiger partial charge in [0.1, 0.15) is 0 Å². The maximum absolute atomic E-state index is 12.1. The Morgan fingerprint density at radius 1 is 1.67 bits per heavy atom. The number of ether oxygens (including phenoxy) is 1. The van der Waals surface area contributed by atoms with Crippen LogP contribution in [-0.2, 0) is 9.53 Å². The highest BCUT2D eigenvalue weighted by Crippen LogP contribution is 2.14. The molecule has 15 heavy (non-hydrogen) atoms. The zero-order valence-corrected chi connectivity index (χ0v) is 8.84. The first-order valence-electron chi connectivity index (χ1n) is 5.29. The van der Waals surface area contributed by atoms with Crippen LogP contribution in [0.4, 0.5) is 8.78 Å². The molecule has 1 aliphatic heterocycles. The number of alkyl halides is 2. The summed E-state index contributed by atoms with van der Waals surface area (Å²) in [6.07, 6.45) is -1.41. The highest BCUT2D eigenvalue weighted by atomic mass is 19.3. The van der Waals surface area contributed by atoms with Crippen molar-refractivity contribution in [3.8, 4) is 0 Å². The van der Waals surface area contributed by atoms with Gasteiger partial charge in [-0.3, -0.25) is 4.79 Å². The fourth-order valence-corrected chi connectivity index (χ4v) is 1.60. The molecule has 0 saturated carbocycles. The Labute approximate surface area is 89.7 Å². The van der Waals surface area contributed by atoms with Gasteiger partial charge in [-0.1, -0.05) is 6.92 Å². The summed E-state index contributed by atoms with van der Waals surface area (Å²) in [6, 6.07) is -0.418. The monoisotopic (exact) mass is 223 g/mol. The van der Waals surface area contributed by atoms with Gasteiger partial charge in [-0.05, 0) is 12.8 Å². The minimum absolute atomic E-state index is 0. The van der Waals surface area contributed by atoms with Crippen molar-refractivity contribution in [2.75, 3.05) is 13.2 Å². The lowest BCUT2D eigenvalue weighted by molar-refractivity contribution is -0.125. The summed E-state index contributed by atoms with van der Waals surface area (Å²) in [4.78, 5) is 11.6. The van der Waals surface area contributed by atoms with E-state index in [1.165, 1.54) is 0 Å². The van der Waals surface area contributed by atoms with E-state index in [-0.39, 0.29) is 19.7 Å². The van der Waals surface area contributed by atoms with Crippen LogP contribution in [-0.4, -0.2) is 31.6 Å². The van der Waals surface area contributed by atoms with Crippen LogP contribution in [0.5, 0.6) is 0 Å². The second-order valence-corrected chi connectivity index (χ2v) is 3.80. The van der Waals surface area contributed by atoms with E-state index in [4.69, 9.17) is 4.74 Å². The molecular weight excluding hydrogens is 204 g/mol. The lowest BCUT2D eigenvalue weighted by Crippen LogP contribution is -2.39. The van der Waals surface area contributed by atoms with Crippen LogP contribution in [0.15, 0.2) is 0 Å². The third kappa shape index (κ3) is 4.11. The number of halogens is 2. The first kappa shape index (κ1) is 12.4. The minimum Gasteiger partial charge on any atom is -0.381 e. The van der Waals surface area contributed by atoms with E-state index in [9.17, 15) is 13.6 Å². The lowest BCUT2D eigenvalue weighted by atomic mass is 10.1. The summed E-state index contributed by atoms with van der Waals surface area (Å²) >= 11 is 0. The molecule has 1 rings (SSSR count). The van der Waals surface area contributed by atoms with E-state index in [2.05, 4.69) is 5.32 Å². The number of carbonyl (C=O) groups excluding carboxylic acids is 1. The van der Waals surface area contributed by atoms with Crippen molar-refractivity contribution in [3.63, 3.8) is 0 Å². The van der Waals surface area contributed by atoms with Crippen LogP contribution in [0.3, 0.4) is 0 Å². The Balaban J connectivity index is 0.00000225. The van der Waals surface area contributed by atoms with Gasteiger partial charge in [0, 0.05) is 20.5 Å². The molecule has 1 saturated heterocycles. The van der Waals surface area contributed by atoms with Gasteiger partial charge >= 0.3 is 0 Å². The van der Waals surface area contributed by atoms with Crippen molar-refractivity contribution in [3.05, 3.63) is 0 Å². The Bertz CT molecular complexity index is 211. The van der Waals surface area contributed by atoms with Crippen LogP contribution in [0.1, 0.15) is 27.6 Å². The molecule has 1 fully saturated rings. The smallest absolute Gasteiger partial charge is 0.240 e. The zero-order chi connectivity index (χ0) is 11.3. The molecular formula is C10H19F2NO2. The standard InChI is InChI=1S/C10H17F2NO2.H2/c1-2-8(5-9(11)12)13-10(14)7-3-4-15-6-7;/h7-9H,2-6H2,1H3,(H,13,14);1H/t7-,8-;/m1./s1. The first-order chi connectivity index (χ1) is 7.13. The van der Waals surface area contributed by atoms with Crippen LogP contribution in [0.2, 0.25) is 0 Å². The van der Waals surface area contributed by atoms with Gasteiger partial charge in [0.2, 0.25) is 12.3 Å². The second kappa shape index (κ2) is 6.00. The summed E-state index contributed by atoms with van der Waals surface area (Å²) in [5.74, 6) is -0.309. The average Bonchev–Trinajstić information content (AvgIpc) is 2.68. The molecule has 0 bridgehead atoms. The van der Waals surface area contributed by atoms with Crippen molar-refractivity contribution in [2.45, 2.75) is 38.7 Å². The van der Waals surface area contributed by atoms with Gasteiger partial charge in [-0.15, -0.1) is 0 Å². The molecule has 0 aromatic carbocycles. The topological polar surface area (TPSA) is 38.3 Å². The van der Waals surface area contributed by atoms with Crippen molar-refractivity contribution in [1.82, 2.24) is 5.32 Å². The van der Waals surface area contributed by atoms with Crippen LogP contribution >= 0.6 is 0 Å². The number of amides is 1. The highest BCUT2D eigenvalue weighted by molar-refractivity contribution is 5.79. The van der Waals surface area contributed by atoms with Crippen molar-refractivity contribution in [1.29, 1.82) is 0 Å². The molecule has 2 atom stereocenters. The Kier molecular flexibility index (Phi) is 4.94. The molecule has 0 unspecified atom stereocenters. The van der Waals surface area contributed by atoms with E-state index in [1.54, 1.807) is 6.92 Å². The lowest BCUT2D eigenvalue weighted by Gasteiger charge is -2.18.